The van der Waals surface area contributed by atoms with Gasteiger partial charge in [0.05, 0.1) is 10.4 Å². The van der Waals surface area contributed by atoms with E-state index < -0.39 is 17.6 Å². The quantitative estimate of drug-likeness (QED) is 0.841. The second-order valence-corrected chi connectivity index (χ2v) is 6.18. The van der Waals surface area contributed by atoms with Gasteiger partial charge in [0.2, 0.25) is 0 Å². The summed E-state index contributed by atoms with van der Waals surface area (Å²) in [5.41, 5.74) is 5.96. The van der Waals surface area contributed by atoms with Crippen LogP contribution in [0.1, 0.15) is 31.2 Å². The molecule has 0 radical (unpaired) electrons. The lowest BCUT2D eigenvalue weighted by Gasteiger charge is -2.12. The molecule has 3 nitrogen and oxygen atoms in total. The third kappa shape index (κ3) is 4.70. The molecule has 0 bridgehead atoms. The summed E-state index contributed by atoms with van der Waals surface area (Å²) in [5, 5.41) is 2.50. The predicted octanol–water partition coefficient (Wildman–Crippen LogP) is 4.52. The Bertz CT molecular complexity index is 694. The summed E-state index contributed by atoms with van der Waals surface area (Å²) in [6, 6.07) is 5.05. The molecular weight excluding hydrogens is 349 g/mol. The molecular formula is C15H16ClF3N2OS. The van der Waals surface area contributed by atoms with E-state index >= 15 is 0 Å². The molecule has 0 aliphatic heterocycles. The summed E-state index contributed by atoms with van der Waals surface area (Å²) < 4.78 is 38.5. The van der Waals surface area contributed by atoms with E-state index in [-0.39, 0.29) is 24.6 Å². The number of hydrogen-bond donors (Lipinski definition) is 2. The number of nitrogens with one attached hydrogen (secondary N) is 1. The van der Waals surface area contributed by atoms with Gasteiger partial charge in [-0.15, -0.1) is 23.7 Å². The third-order valence-corrected chi connectivity index (χ3v) is 4.35. The van der Waals surface area contributed by atoms with Crippen LogP contribution in [-0.2, 0) is 12.7 Å². The highest BCUT2D eigenvalue weighted by atomic mass is 35.5. The first-order valence-corrected chi connectivity index (χ1v) is 7.32. The van der Waals surface area contributed by atoms with Crippen LogP contribution in [0.25, 0.3) is 0 Å². The minimum Gasteiger partial charge on any atom is -0.326 e. The van der Waals surface area contributed by atoms with Crippen LogP contribution in [0.3, 0.4) is 0 Å². The molecule has 0 atom stereocenters. The molecule has 0 spiro atoms. The zero-order valence-electron chi connectivity index (χ0n) is 12.5. The number of anilines is 1. The normalized spacial score (nSPS) is 11.0. The maximum Gasteiger partial charge on any atom is 0.416 e. The van der Waals surface area contributed by atoms with Crippen LogP contribution < -0.4 is 11.1 Å². The summed E-state index contributed by atoms with van der Waals surface area (Å²) >= 11 is 1.30. The van der Waals surface area contributed by atoms with Crippen LogP contribution in [-0.4, -0.2) is 5.91 Å². The van der Waals surface area contributed by atoms with Crippen molar-refractivity contribution in [2.24, 2.45) is 5.73 Å². The maximum atomic E-state index is 12.8. The Morgan fingerprint density at radius 2 is 1.87 bits per heavy atom. The van der Waals surface area contributed by atoms with Crippen LogP contribution in [0.5, 0.6) is 0 Å². The van der Waals surface area contributed by atoms with Gasteiger partial charge in [-0.2, -0.15) is 13.2 Å². The predicted molar refractivity (Wildman–Crippen MR) is 88.3 cm³/mol. The highest BCUT2D eigenvalue weighted by molar-refractivity contribution is 7.14. The first kappa shape index (κ1) is 19.5. The van der Waals surface area contributed by atoms with Crippen molar-refractivity contribution in [3.8, 4) is 0 Å². The number of carbonyl (C=O) groups excluding carboxylic acids is 1. The number of benzene rings is 1. The Morgan fingerprint density at radius 3 is 2.35 bits per heavy atom. The maximum absolute atomic E-state index is 12.8. The first-order valence-electron chi connectivity index (χ1n) is 6.50. The Balaban J connectivity index is 0.00000264. The minimum atomic E-state index is -4.49. The van der Waals surface area contributed by atoms with E-state index in [1.165, 1.54) is 17.4 Å². The van der Waals surface area contributed by atoms with Crippen molar-refractivity contribution in [2.45, 2.75) is 26.6 Å². The van der Waals surface area contributed by atoms with Crippen LogP contribution in [0.15, 0.2) is 24.3 Å². The Morgan fingerprint density at radius 1 is 1.22 bits per heavy atom. The van der Waals surface area contributed by atoms with Crippen molar-refractivity contribution in [3.05, 3.63) is 50.7 Å². The summed E-state index contributed by atoms with van der Waals surface area (Å²) in [6.07, 6.45) is -4.49. The van der Waals surface area contributed by atoms with Crippen molar-refractivity contribution in [1.82, 2.24) is 0 Å². The molecule has 0 saturated heterocycles. The van der Waals surface area contributed by atoms with Crippen LogP contribution in [0.4, 0.5) is 18.9 Å². The number of hydrogen-bond acceptors (Lipinski definition) is 3. The molecule has 0 aliphatic carbocycles. The lowest BCUT2D eigenvalue weighted by molar-refractivity contribution is -0.137. The second kappa shape index (κ2) is 7.33. The van der Waals surface area contributed by atoms with Crippen molar-refractivity contribution in [2.75, 3.05) is 5.32 Å². The molecule has 8 heteroatoms. The molecule has 1 aromatic heterocycles. The molecule has 2 rings (SSSR count). The fourth-order valence-corrected chi connectivity index (χ4v) is 2.85. The average molecular weight is 365 g/mol. The van der Waals surface area contributed by atoms with Gasteiger partial charge >= 0.3 is 6.18 Å². The van der Waals surface area contributed by atoms with E-state index in [0.29, 0.717) is 10.4 Å². The van der Waals surface area contributed by atoms with E-state index in [4.69, 9.17) is 5.73 Å². The Labute approximate surface area is 142 Å². The molecule has 23 heavy (non-hydrogen) atoms. The summed E-state index contributed by atoms with van der Waals surface area (Å²) in [6.45, 7) is 3.72. The monoisotopic (exact) mass is 364 g/mol. The van der Waals surface area contributed by atoms with Crippen molar-refractivity contribution in [1.29, 1.82) is 0 Å². The van der Waals surface area contributed by atoms with Gasteiger partial charge in [0, 0.05) is 17.1 Å². The van der Waals surface area contributed by atoms with Gasteiger partial charge < -0.3 is 11.1 Å². The molecule has 0 saturated carbocycles. The van der Waals surface area contributed by atoms with E-state index in [0.717, 1.165) is 22.6 Å². The molecule has 0 aliphatic rings. The zero-order valence-corrected chi connectivity index (χ0v) is 14.1. The van der Waals surface area contributed by atoms with E-state index in [2.05, 4.69) is 5.32 Å². The fraction of sp³-hybridized carbons (Fsp3) is 0.267. The third-order valence-electron chi connectivity index (χ3n) is 3.20. The number of rotatable bonds is 3. The lowest BCUT2D eigenvalue weighted by Crippen LogP contribution is -2.13. The Hall–Kier alpha value is -1.57. The number of amides is 1. The van der Waals surface area contributed by atoms with Crippen molar-refractivity contribution >= 4 is 35.3 Å². The van der Waals surface area contributed by atoms with Gasteiger partial charge in [-0.25, -0.2) is 0 Å². The van der Waals surface area contributed by atoms with Crippen LogP contribution in [0.2, 0.25) is 0 Å². The SMILES string of the molecule is Cc1cc(C(=O)Nc2cc(CN)cc(C(F)(F)F)c2)sc1C.Cl. The smallest absolute Gasteiger partial charge is 0.326 e. The van der Waals surface area contributed by atoms with Gasteiger partial charge in [-0.3, -0.25) is 4.79 Å². The molecule has 0 unspecified atom stereocenters. The number of carbonyl (C=O) groups is 1. The molecule has 2 aromatic rings. The number of halogens is 4. The zero-order chi connectivity index (χ0) is 16.5. The summed E-state index contributed by atoms with van der Waals surface area (Å²) in [7, 11) is 0. The second-order valence-electron chi connectivity index (χ2n) is 4.92. The van der Waals surface area contributed by atoms with E-state index in [9.17, 15) is 18.0 Å². The van der Waals surface area contributed by atoms with Crippen molar-refractivity contribution in [3.63, 3.8) is 0 Å². The summed E-state index contributed by atoms with van der Waals surface area (Å²) in [5.74, 6) is -0.427. The van der Waals surface area contributed by atoms with E-state index in [1.807, 2.05) is 13.8 Å². The number of alkyl halides is 3. The average Bonchev–Trinajstić information content (AvgIpc) is 2.77. The largest absolute Gasteiger partial charge is 0.416 e. The van der Waals surface area contributed by atoms with Gasteiger partial charge in [0.25, 0.3) is 5.91 Å². The molecule has 1 aromatic carbocycles. The number of thiophene rings is 1. The van der Waals surface area contributed by atoms with Crippen LogP contribution >= 0.6 is 23.7 Å². The summed E-state index contributed by atoms with van der Waals surface area (Å²) in [4.78, 5) is 13.6. The first-order chi connectivity index (χ1) is 10.2. The highest BCUT2D eigenvalue weighted by Gasteiger charge is 2.31. The van der Waals surface area contributed by atoms with Crippen molar-refractivity contribution < 1.29 is 18.0 Å². The van der Waals surface area contributed by atoms with Gasteiger partial charge in [0.1, 0.15) is 0 Å². The molecule has 0 fully saturated rings. The molecule has 126 valence electrons. The molecule has 1 heterocycles. The van der Waals surface area contributed by atoms with Gasteiger partial charge in [0.15, 0.2) is 0 Å². The number of nitrogens with two attached hydrogens (primary N) is 1. The van der Waals surface area contributed by atoms with Gasteiger partial charge in [-0.1, -0.05) is 0 Å². The fourth-order valence-electron chi connectivity index (χ4n) is 1.92. The van der Waals surface area contributed by atoms with Crippen LogP contribution in [0, 0.1) is 13.8 Å². The Kier molecular flexibility index (Phi) is 6.21. The topological polar surface area (TPSA) is 55.1 Å². The molecule has 3 N–H and O–H groups in total. The lowest BCUT2D eigenvalue weighted by atomic mass is 10.1. The van der Waals surface area contributed by atoms with E-state index in [1.54, 1.807) is 6.07 Å². The standard InChI is InChI=1S/C15H15F3N2OS.ClH/c1-8-3-13(22-9(8)2)14(21)20-12-5-10(7-19)4-11(6-12)15(16,17)18;/h3-6H,7,19H2,1-2H3,(H,20,21);1H. The molecule has 1 amide bonds. The highest BCUT2D eigenvalue weighted by Crippen LogP contribution is 2.32. The minimum absolute atomic E-state index is 0. The van der Waals surface area contributed by atoms with Gasteiger partial charge in [-0.05, 0) is 49.2 Å². The number of aryl methyl sites for hydroxylation is 2.